The van der Waals surface area contributed by atoms with Gasteiger partial charge in [0.25, 0.3) is 0 Å². The van der Waals surface area contributed by atoms with E-state index in [9.17, 15) is 18.0 Å². The molecule has 1 saturated heterocycles. The van der Waals surface area contributed by atoms with E-state index < -0.39 is 21.8 Å². The average molecular weight is 351 g/mol. The van der Waals surface area contributed by atoms with E-state index in [2.05, 4.69) is 10.6 Å². The van der Waals surface area contributed by atoms with Gasteiger partial charge in [0.1, 0.15) is 0 Å². The molecule has 130 valence electrons. The maximum absolute atomic E-state index is 11.9. The number of nitrogens with one attached hydrogen (secondary N) is 2. The van der Waals surface area contributed by atoms with Crippen molar-refractivity contribution in [1.29, 1.82) is 0 Å². The Kier molecular flexibility index (Phi) is 4.75. The predicted molar refractivity (Wildman–Crippen MR) is 91.2 cm³/mol. The van der Waals surface area contributed by atoms with Crippen LogP contribution in [0.25, 0.3) is 0 Å². The van der Waals surface area contributed by atoms with Crippen molar-refractivity contribution in [3.63, 3.8) is 0 Å². The molecule has 0 radical (unpaired) electrons. The maximum atomic E-state index is 11.9. The molecule has 1 aliphatic heterocycles. The first kappa shape index (κ1) is 16.8. The number of hydrogen-bond donors (Lipinski definition) is 2. The lowest BCUT2D eigenvalue weighted by molar-refractivity contribution is -0.136. The van der Waals surface area contributed by atoms with Crippen LogP contribution in [0.2, 0.25) is 0 Å². The lowest BCUT2D eigenvalue weighted by Gasteiger charge is -2.17. The molecule has 0 aromatic heterocycles. The third kappa shape index (κ3) is 3.69. The van der Waals surface area contributed by atoms with Crippen LogP contribution in [-0.4, -0.2) is 38.6 Å². The van der Waals surface area contributed by atoms with Crippen LogP contribution in [0.4, 0.5) is 11.4 Å². The fourth-order valence-corrected chi connectivity index (χ4v) is 4.71. The second-order valence-electron chi connectivity index (χ2n) is 6.20. The number of sulfonamides is 1. The summed E-state index contributed by atoms with van der Waals surface area (Å²) in [5.41, 5.74) is 1.03. The largest absolute Gasteiger partial charge is 0.345 e. The highest BCUT2D eigenvalue weighted by Crippen LogP contribution is 2.25. The summed E-state index contributed by atoms with van der Waals surface area (Å²) in [5.74, 6) is -1.18. The number of nitrogens with zero attached hydrogens (tertiary/aromatic N) is 1. The predicted octanol–water partition coefficient (Wildman–Crippen LogP) is 1.22. The van der Waals surface area contributed by atoms with Crippen molar-refractivity contribution in [2.45, 2.75) is 38.1 Å². The SMILES string of the molecule is O=C(Nc1ccc(N2CCCS2(=O)=O)cc1)C(=O)NC1CCCC1. The summed E-state index contributed by atoms with van der Waals surface area (Å²) in [5, 5.41) is 5.26. The summed E-state index contributed by atoms with van der Waals surface area (Å²) in [4.78, 5) is 23.8. The number of anilines is 2. The summed E-state index contributed by atoms with van der Waals surface area (Å²) in [6, 6.07) is 6.56. The second-order valence-corrected chi connectivity index (χ2v) is 8.21. The van der Waals surface area contributed by atoms with Crippen LogP contribution < -0.4 is 14.9 Å². The molecule has 0 atom stereocenters. The third-order valence-electron chi connectivity index (χ3n) is 4.41. The Morgan fingerprint density at radius 1 is 1.00 bits per heavy atom. The molecule has 1 aromatic carbocycles. The molecule has 0 spiro atoms. The highest BCUT2D eigenvalue weighted by Gasteiger charge is 2.28. The normalized spacial score (nSPS) is 20.1. The Morgan fingerprint density at radius 3 is 2.25 bits per heavy atom. The topological polar surface area (TPSA) is 95.6 Å². The van der Waals surface area contributed by atoms with Crippen molar-refractivity contribution in [2.75, 3.05) is 21.9 Å². The zero-order valence-electron chi connectivity index (χ0n) is 13.3. The van der Waals surface area contributed by atoms with Crippen molar-refractivity contribution < 1.29 is 18.0 Å². The van der Waals surface area contributed by atoms with Gasteiger partial charge in [-0.3, -0.25) is 13.9 Å². The minimum Gasteiger partial charge on any atom is -0.345 e. The monoisotopic (exact) mass is 351 g/mol. The first-order valence-corrected chi connectivity index (χ1v) is 9.79. The van der Waals surface area contributed by atoms with E-state index in [1.807, 2.05) is 0 Å². The molecule has 0 bridgehead atoms. The number of hydrogen-bond acceptors (Lipinski definition) is 4. The Bertz CT molecular complexity index is 724. The maximum Gasteiger partial charge on any atom is 0.313 e. The Labute approximate surface area is 141 Å². The summed E-state index contributed by atoms with van der Waals surface area (Å²) in [6.45, 7) is 0.470. The van der Waals surface area contributed by atoms with Crippen molar-refractivity contribution >= 4 is 33.2 Å². The van der Waals surface area contributed by atoms with Gasteiger partial charge in [0.05, 0.1) is 11.4 Å². The first-order chi connectivity index (χ1) is 11.5. The fraction of sp³-hybridized carbons (Fsp3) is 0.500. The molecule has 1 saturated carbocycles. The van der Waals surface area contributed by atoms with Crippen LogP contribution in [-0.2, 0) is 19.6 Å². The molecular weight excluding hydrogens is 330 g/mol. The fourth-order valence-electron chi connectivity index (χ4n) is 3.15. The molecule has 2 aliphatic rings. The van der Waals surface area contributed by atoms with Crippen LogP contribution in [0, 0.1) is 0 Å². The van der Waals surface area contributed by atoms with Gasteiger partial charge in [-0.1, -0.05) is 12.8 Å². The highest BCUT2D eigenvalue weighted by molar-refractivity contribution is 7.93. The number of benzene rings is 1. The van der Waals surface area contributed by atoms with Crippen LogP contribution in [0.5, 0.6) is 0 Å². The van der Waals surface area contributed by atoms with Gasteiger partial charge < -0.3 is 10.6 Å². The minimum absolute atomic E-state index is 0.0889. The minimum atomic E-state index is -3.22. The molecule has 7 nitrogen and oxygen atoms in total. The molecule has 1 heterocycles. The Hall–Kier alpha value is -2.09. The van der Waals surface area contributed by atoms with E-state index in [0.29, 0.717) is 24.3 Å². The van der Waals surface area contributed by atoms with Gasteiger partial charge in [0.2, 0.25) is 10.0 Å². The van der Waals surface area contributed by atoms with Crippen LogP contribution in [0.1, 0.15) is 32.1 Å². The molecule has 0 unspecified atom stereocenters. The van der Waals surface area contributed by atoms with E-state index in [0.717, 1.165) is 25.7 Å². The van der Waals surface area contributed by atoms with E-state index in [1.165, 1.54) is 4.31 Å². The van der Waals surface area contributed by atoms with Crippen molar-refractivity contribution in [3.8, 4) is 0 Å². The van der Waals surface area contributed by atoms with Crippen molar-refractivity contribution in [2.24, 2.45) is 0 Å². The third-order valence-corrected chi connectivity index (χ3v) is 6.28. The van der Waals surface area contributed by atoms with Crippen LogP contribution >= 0.6 is 0 Å². The lowest BCUT2D eigenvalue weighted by Crippen LogP contribution is -2.40. The van der Waals surface area contributed by atoms with E-state index in [1.54, 1.807) is 24.3 Å². The molecule has 2 amide bonds. The lowest BCUT2D eigenvalue weighted by atomic mass is 10.2. The molecule has 24 heavy (non-hydrogen) atoms. The van der Waals surface area contributed by atoms with Gasteiger partial charge >= 0.3 is 11.8 Å². The van der Waals surface area contributed by atoms with E-state index >= 15 is 0 Å². The zero-order chi connectivity index (χ0) is 17.2. The summed E-state index contributed by atoms with van der Waals surface area (Å²) in [6.07, 6.45) is 4.60. The number of carbonyl (C=O) groups excluding carboxylic acids is 2. The van der Waals surface area contributed by atoms with E-state index in [4.69, 9.17) is 0 Å². The first-order valence-electron chi connectivity index (χ1n) is 8.18. The number of carbonyl (C=O) groups is 2. The van der Waals surface area contributed by atoms with Gasteiger partial charge in [0.15, 0.2) is 0 Å². The Balaban J connectivity index is 1.59. The van der Waals surface area contributed by atoms with Gasteiger partial charge in [-0.15, -0.1) is 0 Å². The van der Waals surface area contributed by atoms with Crippen LogP contribution in [0.3, 0.4) is 0 Å². The van der Waals surface area contributed by atoms with Gasteiger partial charge in [-0.2, -0.15) is 0 Å². The second kappa shape index (κ2) is 6.80. The number of amides is 2. The van der Waals surface area contributed by atoms with Gasteiger partial charge in [0, 0.05) is 18.3 Å². The molecular formula is C16H21N3O4S. The summed E-state index contributed by atoms with van der Waals surface area (Å²) in [7, 11) is -3.22. The molecule has 1 aliphatic carbocycles. The average Bonchev–Trinajstić information content (AvgIpc) is 3.17. The Morgan fingerprint density at radius 2 is 1.67 bits per heavy atom. The molecule has 3 rings (SSSR count). The van der Waals surface area contributed by atoms with Gasteiger partial charge in [-0.25, -0.2) is 8.42 Å². The quantitative estimate of drug-likeness (QED) is 0.801. The van der Waals surface area contributed by atoms with Crippen LogP contribution in [0.15, 0.2) is 24.3 Å². The molecule has 1 aromatic rings. The molecule has 2 N–H and O–H groups in total. The summed E-state index contributed by atoms with van der Waals surface area (Å²) >= 11 is 0. The van der Waals surface area contributed by atoms with Gasteiger partial charge in [-0.05, 0) is 43.5 Å². The molecule has 8 heteroatoms. The highest BCUT2D eigenvalue weighted by atomic mass is 32.2. The summed E-state index contributed by atoms with van der Waals surface area (Å²) < 4.78 is 25.1. The van der Waals surface area contributed by atoms with E-state index in [-0.39, 0.29) is 11.8 Å². The molecule has 2 fully saturated rings. The standard InChI is InChI=1S/C16H21N3O4S/c20-15(17-12-4-1-2-5-12)16(21)18-13-6-8-14(9-7-13)19-10-3-11-24(19,22)23/h6-9,12H,1-5,10-11H2,(H,17,20)(H,18,21). The van der Waals surface area contributed by atoms with Crippen molar-refractivity contribution in [1.82, 2.24) is 5.32 Å². The smallest absolute Gasteiger partial charge is 0.313 e. The zero-order valence-corrected chi connectivity index (χ0v) is 14.1. The number of rotatable bonds is 3. The van der Waals surface area contributed by atoms with Crippen molar-refractivity contribution in [3.05, 3.63) is 24.3 Å².